The first-order valence-corrected chi connectivity index (χ1v) is 31.8. The van der Waals surface area contributed by atoms with Gasteiger partial charge in [-0.3, -0.25) is 14.4 Å². The molecule has 1 unspecified atom stereocenters. The summed E-state index contributed by atoms with van der Waals surface area (Å²) in [5, 5.41) is 0. The molecule has 0 fully saturated rings. The highest BCUT2D eigenvalue weighted by Gasteiger charge is 2.19. The number of ether oxygens (including phenoxy) is 3. The topological polar surface area (TPSA) is 78.9 Å². The van der Waals surface area contributed by atoms with Crippen LogP contribution in [-0.4, -0.2) is 37.2 Å². The van der Waals surface area contributed by atoms with Crippen molar-refractivity contribution in [3.05, 3.63) is 60.8 Å². The zero-order valence-corrected chi connectivity index (χ0v) is 48.7. The highest BCUT2D eigenvalue weighted by molar-refractivity contribution is 5.71. The van der Waals surface area contributed by atoms with Crippen LogP contribution in [0.5, 0.6) is 0 Å². The largest absolute Gasteiger partial charge is 0.462 e. The molecule has 1 atom stereocenters. The van der Waals surface area contributed by atoms with Crippen LogP contribution in [0.15, 0.2) is 60.8 Å². The van der Waals surface area contributed by atoms with Gasteiger partial charge in [-0.1, -0.05) is 281 Å². The van der Waals surface area contributed by atoms with E-state index in [4.69, 9.17) is 14.2 Å². The van der Waals surface area contributed by atoms with E-state index in [-0.39, 0.29) is 31.1 Å². The van der Waals surface area contributed by atoms with Crippen LogP contribution in [0.3, 0.4) is 0 Å². The molecule has 0 heterocycles. The van der Waals surface area contributed by atoms with E-state index >= 15 is 0 Å². The van der Waals surface area contributed by atoms with Crippen LogP contribution < -0.4 is 0 Å². The summed E-state index contributed by atoms with van der Waals surface area (Å²) < 4.78 is 16.9. The molecule has 0 aliphatic heterocycles. The van der Waals surface area contributed by atoms with Gasteiger partial charge in [-0.05, 0) is 89.9 Å². The van der Waals surface area contributed by atoms with Crippen molar-refractivity contribution in [3.8, 4) is 0 Å². The minimum atomic E-state index is -0.785. The number of hydrogen-bond donors (Lipinski definition) is 0. The van der Waals surface area contributed by atoms with E-state index < -0.39 is 6.10 Å². The molecule has 0 saturated carbocycles. The minimum Gasteiger partial charge on any atom is -0.462 e. The van der Waals surface area contributed by atoms with Crippen molar-refractivity contribution in [1.29, 1.82) is 0 Å². The van der Waals surface area contributed by atoms with Crippen molar-refractivity contribution in [3.63, 3.8) is 0 Å². The quantitative estimate of drug-likeness (QED) is 0.0261. The molecule has 0 aliphatic rings. The third kappa shape index (κ3) is 59.9. The monoisotopic (exact) mass is 1020 g/mol. The Hall–Kier alpha value is -2.89. The molecule has 6 nitrogen and oxygen atoms in total. The fourth-order valence-corrected chi connectivity index (χ4v) is 9.19. The summed E-state index contributed by atoms with van der Waals surface area (Å²) in [5.41, 5.74) is 0. The number of carbonyl (C=O) groups excluding carboxylic acids is 3. The van der Waals surface area contributed by atoms with E-state index in [1.807, 2.05) is 0 Å². The lowest BCUT2D eigenvalue weighted by Gasteiger charge is -2.18. The maximum atomic E-state index is 12.9. The number of carbonyl (C=O) groups is 3. The Morgan fingerprint density at radius 2 is 0.493 bits per heavy atom. The number of allylic oxidation sites excluding steroid dienone is 10. The van der Waals surface area contributed by atoms with Gasteiger partial charge in [0, 0.05) is 19.3 Å². The molecule has 0 N–H and O–H groups in total. The maximum Gasteiger partial charge on any atom is 0.306 e. The molecule has 0 aromatic heterocycles. The molecule has 0 saturated heterocycles. The molecule has 6 heteroatoms. The summed E-state index contributed by atoms with van der Waals surface area (Å²) in [6.07, 6.45) is 77.9. The van der Waals surface area contributed by atoms with E-state index in [9.17, 15) is 14.4 Å². The predicted molar refractivity (Wildman–Crippen MR) is 316 cm³/mol. The average molecular weight is 1020 g/mol. The van der Waals surface area contributed by atoms with Gasteiger partial charge in [0.05, 0.1) is 0 Å². The van der Waals surface area contributed by atoms with E-state index in [1.165, 1.54) is 193 Å². The van der Waals surface area contributed by atoms with Crippen LogP contribution >= 0.6 is 0 Å². The van der Waals surface area contributed by atoms with Crippen LogP contribution in [0.1, 0.15) is 329 Å². The predicted octanol–water partition coefficient (Wildman–Crippen LogP) is 21.6. The smallest absolute Gasteiger partial charge is 0.306 e. The summed E-state index contributed by atoms with van der Waals surface area (Å²) in [6, 6.07) is 0. The zero-order chi connectivity index (χ0) is 52.9. The van der Waals surface area contributed by atoms with Crippen LogP contribution in [0.25, 0.3) is 0 Å². The maximum absolute atomic E-state index is 12.9. The van der Waals surface area contributed by atoms with Crippen molar-refractivity contribution >= 4 is 17.9 Å². The Bertz CT molecular complexity index is 1310. The molecule has 0 aliphatic carbocycles. The number of hydrogen-bond acceptors (Lipinski definition) is 6. The van der Waals surface area contributed by atoms with Crippen molar-refractivity contribution in [2.45, 2.75) is 335 Å². The van der Waals surface area contributed by atoms with Crippen molar-refractivity contribution < 1.29 is 28.6 Å². The van der Waals surface area contributed by atoms with Gasteiger partial charge in [-0.25, -0.2) is 0 Å². The summed E-state index contributed by atoms with van der Waals surface area (Å²) >= 11 is 0. The molecular formula is C67H120O6. The normalized spacial score (nSPS) is 12.4. The minimum absolute atomic E-state index is 0.0830. The van der Waals surface area contributed by atoms with Gasteiger partial charge in [0.15, 0.2) is 6.10 Å². The molecule has 0 aromatic rings. The molecule has 0 amide bonds. The van der Waals surface area contributed by atoms with Gasteiger partial charge in [-0.15, -0.1) is 0 Å². The fourth-order valence-electron chi connectivity index (χ4n) is 9.19. The lowest BCUT2D eigenvalue weighted by molar-refractivity contribution is -0.167. The van der Waals surface area contributed by atoms with Crippen LogP contribution in [0, 0.1) is 0 Å². The highest BCUT2D eigenvalue weighted by atomic mass is 16.6. The fraction of sp³-hybridized carbons (Fsp3) is 0.806. The second kappa shape index (κ2) is 61.7. The van der Waals surface area contributed by atoms with E-state index in [1.54, 1.807) is 0 Å². The molecule has 0 rings (SSSR count). The number of esters is 3. The molecule has 424 valence electrons. The second-order valence-corrected chi connectivity index (χ2v) is 21.3. The van der Waals surface area contributed by atoms with E-state index in [0.717, 1.165) is 96.3 Å². The Labute approximate surface area is 453 Å². The molecule has 0 bridgehead atoms. The summed E-state index contributed by atoms with van der Waals surface area (Å²) in [7, 11) is 0. The van der Waals surface area contributed by atoms with Crippen LogP contribution in [-0.2, 0) is 28.6 Å². The Morgan fingerprint density at radius 1 is 0.274 bits per heavy atom. The number of unbranched alkanes of at least 4 members (excludes halogenated alkanes) is 37. The Morgan fingerprint density at radius 3 is 0.795 bits per heavy atom. The molecular weight excluding hydrogens is 901 g/mol. The first-order chi connectivity index (χ1) is 36.0. The molecule has 73 heavy (non-hydrogen) atoms. The summed E-state index contributed by atoms with van der Waals surface area (Å²) in [4.78, 5) is 38.3. The Kier molecular flexibility index (Phi) is 59.2. The van der Waals surface area contributed by atoms with Gasteiger partial charge in [-0.2, -0.15) is 0 Å². The standard InChI is InChI=1S/C67H120O6/c1-4-7-10-13-16-19-22-25-28-30-32-33-35-36-39-42-45-48-51-54-57-60-66(69)72-63-64(62-71-65(68)59-56-53-50-47-44-41-38-27-24-21-18-15-12-9-6-3)73-67(70)61-58-55-52-49-46-43-40-37-34-31-29-26-23-20-17-14-11-8-5-2/h18,21-22,25,27,30,32,35-36,38,64H,4-17,19-20,23-24,26,28-29,31,33-34,37,39-63H2,1-3H3/b21-18-,25-22-,32-30-,36-35-,38-27-. The van der Waals surface area contributed by atoms with Crippen LogP contribution in [0.4, 0.5) is 0 Å². The van der Waals surface area contributed by atoms with Gasteiger partial charge < -0.3 is 14.2 Å². The summed E-state index contributed by atoms with van der Waals surface area (Å²) in [5.74, 6) is -0.890. The lowest BCUT2D eigenvalue weighted by Crippen LogP contribution is -2.30. The van der Waals surface area contributed by atoms with Crippen molar-refractivity contribution in [2.75, 3.05) is 13.2 Å². The Balaban J connectivity index is 4.38. The van der Waals surface area contributed by atoms with E-state index in [0.29, 0.717) is 19.3 Å². The molecule has 0 spiro atoms. The SMILES string of the molecule is CCCCC/C=C\C/C=C\CCCCCCCC(=O)OCC(COC(=O)CCCCCCCC/C=C\C/C=C\C/C=C\CCCCCCC)OC(=O)CCCCCCCCCCCCCCCCCCCCC. The second-order valence-electron chi connectivity index (χ2n) is 21.3. The summed E-state index contributed by atoms with van der Waals surface area (Å²) in [6.45, 7) is 6.63. The molecule has 0 aromatic carbocycles. The first kappa shape index (κ1) is 70.1. The van der Waals surface area contributed by atoms with Crippen molar-refractivity contribution in [1.82, 2.24) is 0 Å². The molecule has 0 radical (unpaired) electrons. The van der Waals surface area contributed by atoms with Gasteiger partial charge >= 0.3 is 17.9 Å². The van der Waals surface area contributed by atoms with Gasteiger partial charge in [0.25, 0.3) is 0 Å². The third-order valence-corrected chi connectivity index (χ3v) is 14.0. The van der Waals surface area contributed by atoms with Crippen molar-refractivity contribution in [2.24, 2.45) is 0 Å². The van der Waals surface area contributed by atoms with Gasteiger partial charge in [0.1, 0.15) is 13.2 Å². The van der Waals surface area contributed by atoms with E-state index in [2.05, 4.69) is 81.5 Å². The van der Waals surface area contributed by atoms with Gasteiger partial charge in [0.2, 0.25) is 0 Å². The van der Waals surface area contributed by atoms with Crippen LogP contribution in [0.2, 0.25) is 0 Å². The highest BCUT2D eigenvalue weighted by Crippen LogP contribution is 2.17. The average Bonchev–Trinajstić information content (AvgIpc) is 3.39. The third-order valence-electron chi connectivity index (χ3n) is 14.0. The first-order valence-electron chi connectivity index (χ1n) is 31.8. The lowest BCUT2D eigenvalue weighted by atomic mass is 10.0. The number of rotatable bonds is 58. The zero-order valence-electron chi connectivity index (χ0n) is 48.7.